The molecule has 1 amide bonds. The van der Waals surface area contributed by atoms with Crippen molar-refractivity contribution in [2.24, 2.45) is 4.99 Å². The van der Waals surface area contributed by atoms with E-state index < -0.39 is 0 Å². The zero-order valence-corrected chi connectivity index (χ0v) is 5.87. The summed E-state index contributed by atoms with van der Waals surface area (Å²) >= 11 is 0. The fourth-order valence-corrected chi connectivity index (χ4v) is 0.717. The van der Waals surface area contributed by atoms with Gasteiger partial charge in [0.1, 0.15) is 6.54 Å². The maximum absolute atomic E-state index is 10.5. The van der Waals surface area contributed by atoms with Gasteiger partial charge in [-0.1, -0.05) is 0 Å². The lowest BCUT2D eigenvalue weighted by Crippen LogP contribution is -2.16. The van der Waals surface area contributed by atoms with Gasteiger partial charge in [0.05, 0.1) is 0 Å². The molecule has 5 heteroatoms. The molecule has 0 aromatic carbocycles. The van der Waals surface area contributed by atoms with E-state index in [1.807, 2.05) is 0 Å². The first-order chi connectivity index (χ1) is 5.33. The molecular weight excluding hydrogens is 148 g/mol. The van der Waals surface area contributed by atoms with Crippen LogP contribution in [0.1, 0.15) is 6.42 Å². The number of hydrogen-bond acceptors (Lipinski definition) is 4. The molecule has 0 aromatic rings. The molecule has 60 valence electrons. The predicted octanol–water partition coefficient (Wildman–Crippen LogP) is -0.922. The molecule has 0 saturated heterocycles. The van der Waals surface area contributed by atoms with Gasteiger partial charge in [-0.25, -0.2) is 9.79 Å². The van der Waals surface area contributed by atoms with Crippen LogP contribution in [0.5, 0.6) is 0 Å². The van der Waals surface area contributed by atoms with E-state index in [9.17, 15) is 9.59 Å². The van der Waals surface area contributed by atoms with Crippen molar-refractivity contribution >= 4 is 18.3 Å². The Bertz CT molecular complexity index is 200. The number of amides is 1. The van der Waals surface area contributed by atoms with Crippen molar-refractivity contribution in [1.82, 2.24) is 5.32 Å². The summed E-state index contributed by atoms with van der Waals surface area (Å²) in [6.07, 6.45) is 1.07. The first kappa shape index (κ1) is 7.71. The lowest BCUT2D eigenvalue weighted by Gasteiger charge is -1.97. The van der Waals surface area contributed by atoms with Crippen molar-refractivity contribution in [3.8, 4) is 0 Å². The van der Waals surface area contributed by atoms with E-state index in [0.717, 1.165) is 0 Å². The predicted molar refractivity (Wildman–Crippen MR) is 37.1 cm³/mol. The quantitative estimate of drug-likeness (QED) is 0.325. The summed E-state index contributed by atoms with van der Waals surface area (Å²) in [5, 5.41) is 2.44. The number of ether oxygens (including phenoxy) is 1. The number of carbonyl (C=O) groups excluding carboxylic acids is 2. The van der Waals surface area contributed by atoms with Gasteiger partial charge in [0.15, 0.2) is 5.90 Å². The van der Waals surface area contributed by atoms with Crippen LogP contribution in [0.3, 0.4) is 0 Å². The highest BCUT2D eigenvalue weighted by Gasteiger charge is 2.14. The first-order valence-corrected chi connectivity index (χ1v) is 3.24. The molecule has 1 aliphatic rings. The van der Waals surface area contributed by atoms with E-state index in [1.165, 1.54) is 0 Å². The van der Waals surface area contributed by atoms with Crippen molar-refractivity contribution in [3.05, 3.63) is 0 Å². The SMILES string of the molecule is O=CNCCC1=NCC(=O)O1. The molecule has 0 fully saturated rings. The summed E-state index contributed by atoms with van der Waals surface area (Å²) in [5.74, 6) is 0.0791. The van der Waals surface area contributed by atoms with E-state index in [0.29, 0.717) is 25.3 Å². The number of esters is 1. The zero-order valence-electron chi connectivity index (χ0n) is 5.87. The van der Waals surface area contributed by atoms with Crippen LogP contribution in [0, 0.1) is 0 Å². The Morgan fingerprint density at radius 1 is 1.73 bits per heavy atom. The van der Waals surface area contributed by atoms with Crippen LogP contribution in [0.25, 0.3) is 0 Å². The molecule has 0 spiro atoms. The lowest BCUT2D eigenvalue weighted by atomic mass is 10.4. The van der Waals surface area contributed by atoms with Crippen LogP contribution in [0.2, 0.25) is 0 Å². The highest BCUT2D eigenvalue weighted by atomic mass is 16.6. The lowest BCUT2D eigenvalue weighted by molar-refractivity contribution is -0.132. The normalized spacial score (nSPS) is 15.6. The van der Waals surface area contributed by atoms with E-state index in [-0.39, 0.29) is 12.5 Å². The Morgan fingerprint density at radius 3 is 3.09 bits per heavy atom. The first-order valence-electron chi connectivity index (χ1n) is 3.24. The van der Waals surface area contributed by atoms with Crippen LogP contribution in [0.4, 0.5) is 0 Å². The average Bonchev–Trinajstić information content (AvgIpc) is 2.37. The van der Waals surface area contributed by atoms with Gasteiger partial charge in [-0.3, -0.25) is 4.79 Å². The van der Waals surface area contributed by atoms with Gasteiger partial charge >= 0.3 is 5.97 Å². The number of aliphatic imine (C=N–C) groups is 1. The van der Waals surface area contributed by atoms with Gasteiger partial charge in [0.2, 0.25) is 6.41 Å². The maximum Gasteiger partial charge on any atom is 0.334 e. The largest absolute Gasteiger partial charge is 0.410 e. The molecule has 0 atom stereocenters. The summed E-state index contributed by atoms with van der Waals surface area (Å²) < 4.78 is 4.66. The van der Waals surface area contributed by atoms with Crippen LogP contribution >= 0.6 is 0 Å². The molecular formula is C6H8N2O3. The van der Waals surface area contributed by atoms with Crippen molar-refractivity contribution in [2.75, 3.05) is 13.1 Å². The molecule has 0 aliphatic carbocycles. The van der Waals surface area contributed by atoms with Gasteiger partial charge in [-0.15, -0.1) is 0 Å². The third kappa shape index (κ3) is 2.37. The summed E-state index contributed by atoms with van der Waals surface area (Å²) in [5.41, 5.74) is 0. The van der Waals surface area contributed by atoms with E-state index in [4.69, 9.17) is 0 Å². The molecule has 0 aromatic heterocycles. The molecule has 0 bridgehead atoms. The smallest absolute Gasteiger partial charge is 0.334 e. The number of cyclic esters (lactones) is 1. The minimum absolute atomic E-state index is 0.108. The van der Waals surface area contributed by atoms with Crippen LogP contribution in [0.15, 0.2) is 4.99 Å². The highest BCUT2D eigenvalue weighted by molar-refractivity contribution is 5.95. The maximum atomic E-state index is 10.5. The summed E-state index contributed by atoms with van der Waals surface area (Å²) in [6.45, 7) is 0.562. The molecule has 1 N–H and O–H groups in total. The molecule has 0 unspecified atom stereocenters. The second-order valence-electron chi connectivity index (χ2n) is 2.01. The zero-order chi connectivity index (χ0) is 8.10. The number of nitrogens with zero attached hydrogens (tertiary/aromatic N) is 1. The fourth-order valence-electron chi connectivity index (χ4n) is 0.717. The standard InChI is InChI=1S/C6H8N2O3/c9-4-7-2-1-5-8-3-6(10)11-5/h4H,1-3H2,(H,7,9). The Labute approximate surface area is 63.4 Å². The number of hydrogen-bond donors (Lipinski definition) is 1. The topological polar surface area (TPSA) is 67.8 Å². The van der Waals surface area contributed by atoms with Crippen LogP contribution < -0.4 is 5.32 Å². The monoisotopic (exact) mass is 156 g/mol. The van der Waals surface area contributed by atoms with Crippen LogP contribution in [-0.4, -0.2) is 31.4 Å². The Hall–Kier alpha value is -1.39. The fraction of sp³-hybridized carbons (Fsp3) is 0.500. The molecule has 1 aliphatic heterocycles. The van der Waals surface area contributed by atoms with E-state index >= 15 is 0 Å². The number of carbonyl (C=O) groups is 2. The van der Waals surface area contributed by atoms with Gasteiger partial charge in [0.25, 0.3) is 0 Å². The van der Waals surface area contributed by atoms with E-state index in [2.05, 4.69) is 15.0 Å². The number of rotatable bonds is 4. The second-order valence-corrected chi connectivity index (χ2v) is 2.01. The summed E-state index contributed by atoms with van der Waals surface area (Å²) in [6, 6.07) is 0. The highest BCUT2D eigenvalue weighted by Crippen LogP contribution is 1.98. The molecule has 5 nitrogen and oxygen atoms in total. The molecule has 0 radical (unpaired) electrons. The average molecular weight is 156 g/mol. The third-order valence-corrected chi connectivity index (χ3v) is 1.18. The van der Waals surface area contributed by atoms with Gasteiger partial charge in [0, 0.05) is 13.0 Å². The minimum Gasteiger partial charge on any atom is -0.410 e. The van der Waals surface area contributed by atoms with Gasteiger partial charge < -0.3 is 10.1 Å². The van der Waals surface area contributed by atoms with Crippen molar-refractivity contribution in [1.29, 1.82) is 0 Å². The van der Waals surface area contributed by atoms with Crippen molar-refractivity contribution < 1.29 is 14.3 Å². The van der Waals surface area contributed by atoms with E-state index in [1.54, 1.807) is 0 Å². The molecule has 11 heavy (non-hydrogen) atoms. The molecule has 0 saturated carbocycles. The van der Waals surface area contributed by atoms with Gasteiger partial charge in [-0.05, 0) is 0 Å². The Kier molecular flexibility index (Phi) is 2.59. The van der Waals surface area contributed by atoms with Gasteiger partial charge in [-0.2, -0.15) is 0 Å². The Morgan fingerprint density at radius 2 is 2.55 bits per heavy atom. The van der Waals surface area contributed by atoms with Crippen molar-refractivity contribution in [2.45, 2.75) is 6.42 Å². The van der Waals surface area contributed by atoms with Crippen molar-refractivity contribution in [3.63, 3.8) is 0 Å². The minimum atomic E-state index is -0.328. The number of nitrogens with one attached hydrogen (secondary N) is 1. The summed E-state index contributed by atoms with van der Waals surface area (Å²) in [4.78, 5) is 24.0. The van der Waals surface area contributed by atoms with Crippen LogP contribution in [-0.2, 0) is 14.3 Å². The molecule has 1 heterocycles. The molecule has 1 rings (SSSR count). The summed E-state index contributed by atoms with van der Waals surface area (Å²) in [7, 11) is 0. The third-order valence-electron chi connectivity index (χ3n) is 1.18. The Balaban J connectivity index is 2.17. The second kappa shape index (κ2) is 3.70.